The standard InChI is InChI=1S/C29H32F3N2O/c1-27(2)22-19-20(29(30,31)32)15-16-24(22)33(4)25(27)13-7-6-8-14-26-28(3,17-18-35)21-11-9-10-12-23(21)34(26)5/h6-16,19,35H,17-18H2,1-5H3/q+1. The van der Waals surface area contributed by atoms with Crippen LogP contribution in [0.25, 0.3) is 0 Å². The van der Waals surface area contributed by atoms with E-state index >= 15 is 0 Å². The monoisotopic (exact) mass is 481 g/mol. The molecule has 2 heterocycles. The number of hydrogen-bond donors (Lipinski definition) is 1. The summed E-state index contributed by atoms with van der Waals surface area (Å²) in [5.74, 6) is 0. The summed E-state index contributed by atoms with van der Waals surface area (Å²) >= 11 is 0. The van der Waals surface area contributed by atoms with E-state index < -0.39 is 17.2 Å². The molecule has 0 bridgehead atoms. The summed E-state index contributed by atoms with van der Waals surface area (Å²) < 4.78 is 41.8. The van der Waals surface area contributed by atoms with Crippen molar-refractivity contribution < 1.29 is 22.9 Å². The van der Waals surface area contributed by atoms with Gasteiger partial charge in [0.25, 0.3) is 0 Å². The Morgan fingerprint density at radius 2 is 1.71 bits per heavy atom. The van der Waals surface area contributed by atoms with Crippen molar-refractivity contribution in [3.8, 4) is 0 Å². The first kappa shape index (κ1) is 25.0. The summed E-state index contributed by atoms with van der Waals surface area (Å²) in [4.78, 5) is 2.16. The maximum atomic E-state index is 13.3. The van der Waals surface area contributed by atoms with Gasteiger partial charge in [-0.15, -0.1) is 0 Å². The molecule has 0 radical (unpaired) electrons. The Kier molecular flexibility index (Phi) is 6.30. The van der Waals surface area contributed by atoms with Crippen LogP contribution in [0, 0.1) is 0 Å². The van der Waals surface area contributed by atoms with Gasteiger partial charge >= 0.3 is 6.18 Å². The van der Waals surface area contributed by atoms with Crippen molar-refractivity contribution in [1.29, 1.82) is 0 Å². The molecule has 0 aliphatic carbocycles. The number of aliphatic hydroxyl groups excluding tert-OH is 1. The summed E-state index contributed by atoms with van der Waals surface area (Å²) in [6.07, 6.45) is 6.12. The third-order valence-electron chi connectivity index (χ3n) is 7.49. The maximum Gasteiger partial charge on any atom is 0.416 e. The first-order chi connectivity index (χ1) is 16.4. The van der Waals surface area contributed by atoms with Crippen molar-refractivity contribution >= 4 is 17.1 Å². The van der Waals surface area contributed by atoms with Crippen molar-refractivity contribution in [2.24, 2.45) is 0 Å². The molecule has 2 aliphatic heterocycles. The van der Waals surface area contributed by atoms with Crippen LogP contribution >= 0.6 is 0 Å². The highest BCUT2D eigenvalue weighted by atomic mass is 19.4. The van der Waals surface area contributed by atoms with Crippen LogP contribution in [0.15, 0.2) is 78.5 Å². The van der Waals surface area contributed by atoms with Crippen LogP contribution in [0.2, 0.25) is 0 Å². The minimum Gasteiger partial charge on any atom is -0.396 e. The number of likely N-dealkylation sites (N-methyl/N-ethyl adjacent to an activating group) is 1. The van der Waals surface area contributed by atoms with Crippen molar-refractivity contribution in [1.82, 2.24) is 0 Å². The van der Waals surface area contributed by atoms with Crippen molar-refractivity contribution in [2.75, 3.05) is 25.6 Å². The minimum absolute atomic E-state index is 0.0932. The molecule has 3 nitrogen and oxygen atoms in total. The van der Waals surface area contributed by atoms with Gasteiger partial charge in [0, 0.05) is 48.2 Å². The van der Waals surface area contributed by atoms with Gasteiger partial charge < -0.3 is 10.0 Å². The van der Waals surface area contributed by atoms with E-state index in [4.69, 9.17) is 0 Å². The van der Waals surface area contributed by atoms with Gasteiger partial charge in [0.05, 0.1) is 11.0 Å². The molecule has 184 valence electrons. The number of allylic oxidation sites excluding steroid dienone is 6. The van der Waals surface area contributed by atoms with Crippen LogP contribution in [-0.4, -0.2) is 36.1 Å². The average molecular weight is 482 g/mol. The van der Waals surface area contributed by atoms with Crippen LogP contribution in [0.4, 0.5) is 24.5 Å². The van der Waals surface area contributed by atoms with Crippen molar-refractivity contribution in [3.05, 3.63) is 95.2 Å². The Bertz CT molecular complexity index is 1270. The normalized spacial score (nSPS) is 22.7. The van der Waals surface area contributed by atoms with E-state index in [1.165, 1.54) is 11.6 Å². The second-order valence-electron chi connectivity index (χ2n) is 9.98. The summed E-state index contributed by atoms with van der Waals surface area (Å²) in [5.41, 5.74) is 4.38. The Labute approximate surface area is 205 Å². The lowest BCUT2D eigenvalue weighted by Gasteiger charge is -2.27. The van der Waals surface area contributed by atoms with E-state index in [0.717, 1.165) is 28.8 Å². The van der Waals surface area contributed by atoms with Crippen molar-refractivity contribution in [2.45, 2.75) is 44.2 Å². The van der Waals surface area contributed by atoms with Crippen LogP contribution < -0.4 is 4.90 Å². The zero-order valence-electron chi connectivity index (χ0n) is 20.8. The van der Waals surface area contributed by atoms with E-state index in [-0.39, 0.29) is 12.0 Å². The zero-order valence-corrected chi connectivity index (χ0v) is 20.8. The molecule has 1 atom stereocenters. The van der Waals surface area contributed by atoms with Gasteiger partial charge in [-0.2, -0.15) is 17.7 Å². The third kappa shape index (κ3) is 4.14. The molecule has 1 N–H and O–H groups in total. The van der Waals surface area contributed by atoms with Crippen LogP contribution in [-0.2, 0) is 17.0 Å². The summed E-state index contributed by atoms with van der Waals surface area (Å²) in [5, 5.41) is 9.72. The molecule has 4 rings (SSSR count). The molecule has 2 aromatic rings. The van der Waals surface area contributed by atoms with E-state index in [1.807, 2.05) is 69.0 Å². The first-order valence-electron chi connectivity index (χ1n) is 11.8. The third-order valence-corrected chi connectivity index (χ3v) is 7.49. The average Bonchev–Trinajstić information content (AvgIpc) is 3.13. The van der Waals surface area contributed by atoms with Gasteiger partial charge in [0.15, 0.2) is 5.71 Å². The second-order valence-corrected chi connectivity index (χ2v) is 9.98. The first-order valence-corrected chi connectivity index (χ1v) is 11.8. The molecular weight excluding hydrogens is 449 g/mol. The minimum atomic E-state index is -4.36. The molecule has 0 spiro atoms. The lowest BCUT2D eigenvalue weighted by molar-refractivity contribution is -0.401. The van der Waals surface area contributed by atoms with Gasteiger partial charge in [-0.3, -0.25) is 0 Å². The molecule has 0 saturated heterocycles. The number of benzene rings is 2. The lowest BCUT2D eigenvalue weighted by Crippen LogP contribution is -2.27. The van der Waals surface area contributed by atoms with Gasteiger partial charge in [-0.1, -0.05) is 36.4 Å². The van der Waals surface area contributed by atoms with Gasteiger partial charge in [0.2, 0.25) is 5.69 Å². The molecule has 6 heteroatoms. The smallest absolute Gasteiger partial charge is 0.396 e. The number of nitrogens with zero attached hydrogens (tertiary/aromatic N) is 2. The highest BCUT2D eigenvalue weighted by molar-refractivity contribution is 6.03. The Morgan fingerprint density at radius 3 is 2.40 bits per heavy atom. The van der Waals surface area contributed by atoms with E-state index in [9.17, 15) is 18.3 Å². The van der Waals surface area contributed by atoms with Crippen molar-refractivity contribution in [3.63, 3.8) is 0 Å². The largest absolute Gasteiger partial charge is 0.416 e. The lowest BCUT2D eigenvalue weighted by atomic mass is 9.79. The number of rotatable bonds is 5. The number of hydrogen-bond acceptors (Lipinski definition) is 2. The van der Waals surface area contributed by atoms with Gasteiger partial charge in [-0.05, 0) is 57.0 Å². The Morgan fingerprint density at radius 1 is 1.00 bits per heavy atom. The SMILES string of the molecule is CN1/C(=C/C=C/C=C/C2=[N+](C)c3ccc(C(F)(F)F)cc3C2(C)C)C(C)(CCO)c2ccccc21. The summed E-state index contributed by atoms with van der Waals surface area (Å²) in [6, 6.07) is 12.2. The molecule has 35 heavy (non-hydrogen) atoms. The molecule has 0 fully saturated rings. The van der Waals surface area contributed by atoms with E-state index in [1.54, 1.807) is 6.07 Å². The topological polar surface area (TPSA) is 26.5 Å². The Balaban J connectivity index is 1.59. The predicted octanol–water partition coefficient (Wildman–Crippen LogP) is 6.50. The second kappa shape index (κ2) is 8.83. The van der Waals surface area contributed by atoms with Crippen LogP contribution in [0.5, 0.6) is 0 Å². The highest BCUT2D eigenvalue weighted by Gasteiger charge is 2.45. The number of anilines is 1. The molecular formula is C29H32F3N2O+. The fourth-order valence-electron chi connectivity index (χ4n) is 5.52. The van der Waals surface area contributed by atoms with Crippen LogP contribution in [0.1, 0.15) is 43.9 Å². The molecule has 2 aromatic carbocycles. The Hall–Kier alpha value is -3.12. The molecule has 0 saturated carbocycles. The number of alkyl halides is 3. The predicted molar refractivity (Wildman–Crippen MR) is 136 cm³/mol. The van der Waals surface area contributed by atoms with Gasteiger partial charge in [-0.25, -0.2) is 0 Å². The zero-order chi connectivity index (χ0) is 25.6. The highest BCUT2D eigenvalue weighted by Crippen LogP contribution is 2.49. The van der Waals surface area contributed by atoms with Gasteiger partial charge in [0.1, 0.15) is 7.05 Å². The fourth-order valence-corrected chi connectivity index (χ4v) is 5.52. The number of aliphatic hydroxyl groups is 1. The number of para-hydroxylation sites is 1. The summed E-state index contributed by atoms with van der Waals surface area (Å²) in [7, 11) is 3.92. The number of fused-ring (bicyclic) bond motifs is 2. The maximum absolute atomic E-state index is 13.3. The van der Waals surface area contributed by atoms with E-state index in [2.05, 4.69) is 30.0 Å². The number of halogens is 3. The van der Waals surface area contributed by atoms with E-state index in [0.29, 0.717) is 12.0 Å². The van der Waals surface area contributed by atoms with Crippen LogP contribution in [0.3, 0.4) is 0 Å². The fraction of sp³-hybridized carbons (Fsp3) is 0.345. The summed E-state index contributed by atoms with van der Waals surface area (Å²) in [6.45, 7) is 6.15. The quantitative estimate of drug-likeness (QED) is 0.390. The molecule has 0 amide bonds. The molecule has 2 aliphatic rings. The molecule has 1 unspecified atom stereocenters. The molecule has 0 aromatic heterocycles.